The summed E-state index contributed by atoms with van der Waals surface area (Å²) in [7, 11) is 0. The van der Waals surface area contributed by atoms with Crippen LogP contribution in [0.15, 0.2) is 29.3 Å². The molecule has 0 radical (unpaired) electrons. The Labute approximate surface area is 120 Å². The number of aromatic amines is 1. The van der Waals surface area contributed by atoms with E-state index in [0.29, 0.717) is 29.2 Å². The molecule has 2 heterocycles. The van der Waals surface area contributed by atoms with Gasteiger partial charge >= 0.3 is 0 Å². The van der Waals surface area contributed by atoms with Crippen LogP contribution in [0.5, 0.6) is 0 Å². The van der Waals surface area contributed by atoms with Gasteiger partial charge in [0.15, 0.2) is 5.11 Å². The number of rotatable bonds is 1. The Bertz CT molecular complexity index is 694. The highest BCUT2D eigenvalue weighted by atomic mass is 32.1. The van der Waals surface area contributed by atoms with Crippen molar-refractivity contribution >= 4 is 33.9 Å². The number of H-pyrrole nitrogens is 1. The van der Waals surface area contributed by atoms with Crippen LogP contribution in [-0.2, 0) is 4.74 Å². The fraction of sp³-hybridized carbons (Fsp3) is 0.308. The smallest absolute Gasteiger partial charge is 0.258 e. The third-order valence-corrected chi connectivity index (χ3v) is 3.55. The van der Waals surface area contributed by atoms with Crippen LogP contribution in [-0.4, -0.2) is 46.3 Å². The lowest BCUT2D eigenvalue weighted by atomic mass is 10.2. The van der Waals surface area contributed by atoms with Crippen molar-refractivity contribution in [1.82, 2.24) is 14.9 Å². The Balaban J connectivity index is 1.82. The Hall–Kier alpha value is -1.99. The first kappa shape index (κ1) is 13.0. The van der Waals surface area contributed by atoms with Gasteiger partial charge in [-0.25, -0.2) is 4.98 Å². The number of fused-ring (bicyclic) bond motifs is 1. The highest BCUT2D eigenvalue weighted by molar-refractivity contribution is 7.80. The first-order valence-corrected chi connectivity index (χ1v) is 6.76. The summed E-state index contributed by atoms with van der Waals surface area (Å²) in [5.41, 5.74) is 1.29. The molecule has 6 nitrogen and oxygen atoms in total. The van der Waals surface area contributed by atoms with Crippen LogP contribution < -0.4 is 10.9 Å². The Kier molecular flexibility index (Phi) is 3.62. The molecule has 1 aliphatic heterocycles. The van der Waals surface area contributed by atoms with Gasteiger partial charge in [-0.05, 0) is 30.4 Å². The maximum atomic E-state index is 11.7. The molecule has 0 aliphatic carbocycles. The van der Waals surface area contributed by atoms with E-state index in [1.807, 2.05) is 6.07 Å². The average Bonchev–Trinajstić information content (AvgIpc) is 2.49. The zero-order valence-electron chi connectivity index (χ0n) is 10.8. The van der Waals surface area contributed by atoms with Crippen LogP contribution in [0.2, 0.25) is 0 Å². The van der Waals surface area contributed by atoms with Gasteiger partial charge in [-0.2, -0.15) is 0 Å². The lowest BCUT2D eigenvalue weighted by Crippen LogP contribution is -2.42. The first-order valence-electron chi connectivity index (χ1n) is 6.35. The maximum absolute atomic E-state index is 11.7. The predicted molar refractivity (Wildman–Crippen MR) is 81.0 cm³/mol. The van der Waals surface area contributed by atoms with E-state index in [2.05, 4.69) is 20.2 Å². The molecule has 2 N–H and O–H groups in total. The number of benzene rings is 1. The SMILES string of the molecule is O=c1[nH]cnc2ccc(NC(=S)N3CCOCC3)cc12. The molecule has 1 aromatic heterocycles. The summed E-state index contributed by atoms with van der Waals surface area (Å²) in [4.78, 5) is 20.5. The maximum Gasteiger partial charge on any atom is 0.258 e. The highest BCUT2D eigenvalue weighted by Gasteiger charge is 2.13. The van der Waals surface area contributed by atoms with Crippen LogP contribution in [0.1, 0.15) is 0 Å². The summed E-state index contributed by atoms with van der Waals surface area (Å²) in [5.74, 6) is 0. The lowest BCUT2D eigenvalue weighted by Gasteiger charge is -2.29. The van der Waals surface area contributed by atoms with Crippen LogP contribution >= 0.6 is 12.2 Å². The Morgan fingerprint density at radius 1 is 1.40 bits per heavy atom. The third-order valence-electron chi connectivity index (χ3n) is 3.19. The van der Waals surface area contributed by atoms with Crippen molar-refractivity contribution in [3.63, 3.8) is 0 Å². The fourth-order valence-electron chi connectivity index (χ4n) is 2.12. The van der Waals surface area contributed by atoms with Gasteiger partial charge in [-0.1, -0.05) is 0 Å². The molecule has 0 atom stereocenters. The highest BCUT2D eigenvalue weighted by Crippen LogP contribution is 2.14. The van der Waals surface area contributed by atoms with Gasteiger partial charge in [0.25, 0.3) is 5.56 Å². The van der Waals surface area contributed by atoms with E-state index in [9.17, 15) is 4.79 Å². The Morgan fingerprint density at radius 2 is 2.20 bits per heavy atom. The molecular weight excluding hydrogens is 276 g/mol. The number of aromatic nitrogens is 2. The van der Waals surface area contributed by atoms with Gasteiger partial charge in [0.2, 0.25) is 0 Å². The molecule has 0 bridgehead atoms. The van der Waals surface area contributed by atoms with Crippen LogP contribution in [0, 0.1) is 0 Å². The fourth-order valence-corrected chi connectivity index (χ4v) is 2.42. The number of hydrogen-bond donors (Lipinski definition) is 2. The second kappa shape index (κ2) is 5.56. The number of morpholine rings is 1. The standard InChI is InChI=1S/C13H14N4O2S/c18-12-10-7-9(1-2-11(10)14-8-15-12)16-13(20)17-3-5-19-6-4-17/h1-2,7-8H,3-6H2,(H,16,20)(H,14,15,18). The van der Waals surface area contributed by atoms with Crippen molar-refractivity contribution in [3.05, 3.63) is 34.9 Å². The van der Waals surface area contributed by atoms with Gasteiger partial charge in [0.1, 0.15) is 0 Å². The van der Waals surface area contributed by atoms with Gasteiger partial charge in [-0.15, -0.1) is 0 Å². The topological polar surface area (TPSA) is 70.2 Å². The second-order valence-corrected chi connectivity index (χ2v) is 4.88. The van der Waals surface area contributed by atoms with E-state index in [-0.39, 0.29) is 5.56 Å². The third kappa shape index (κ3) is 2.63. The van der Waals surface area contributed by atoms with E-state index in [1.54, 1.807) is 12.1 Å². The number of anilines is 1. The summed E-state index contributed by atoms with van der Waals surface area (Å²) < 4.78 is 5.29. The number of nitrogens with zero attached hydrogens (tertiary/aromatic N) is 2. The zero-order chi connectivity index (χ0) is 13.9. The molecule has 3 rings (SSSR count). The number of ether oxygens (including phenoxy) is 1. The number of thiocarbonyl (C=S) groups is 1. The van der Waals surface area contributed by atoms with Crippen LogP contribution in [0.25, 0.3) is 10.9 Å². The molecule has 20 heavy (non-hydrogen) atoms. The molecular formula is C13H14N4O2S. The minimum absolute atomic E-state index is 0.157. The van der Waals surface area contributed by atoms with Gasteiger partial charge in [0, 0.05) is 18.8 Å². The quantitative estimate of drug-likeness (QED) is 0.762. The number of nitrogens with one attached hydrogen (secondary N) is 2. The molecule has 1 aromatic carbocycles. The number of hydrogen-bond acceptors (Lipinski definition) is 4. The molecule has 104 valence electrons. The van der Waals surface area contributed by atoms with Crippen molar-refractivity contribution < 1.29 is 4.74 Å². The summed E-state index contributed by atoms with van der Waals surface area (Å²) in [6.45, 7) is 2.93. The zero-order valence-corrected chi connectivity index (χ0v) is 11.6. The normalized spacial score (nSPS) is 15.3. The summed E-state index contributed by atoms with van der Waals surface area (Å²) in [6, 6.07) is 5.42. The molecule has 1 fully saturated rings. The molecule has 1 aliphatic rings. The molecule has 1 saturated heterocycles. The van der Waals surface area contributed by atoms with E-state index in [0.717, 1.165) is 18.8 Å². The van der Waals surface area contributed by atoms with Crippen LogP contribution in [0.4, 0.5) is 5.69 Å². The van der Waals surface area contributed by atoms with E-state index in [1.165, 1.54) is 6.33 Å². The summed E-state index contributed by atoms with van der Waals surface area (Å²) in [6.07, 6.45) is 1.40. The largest absolute Gasteiger partial charge is 0.378 e. The molecule has 0 unspecified atom stereocenters. The predicted octanol–water partition coefficient (Wildman–Crippen LogP) is 0.952. The van der Waals surface area contributed by atoms with Crippen molar-refractivity contribution in [1.29, 1.82) is 0 Å². The van der Waals surface area contributed by atoms with Gasteiger partial charge in [0.05, 0.1) is 30.4 Å². The van der Waals surface area contributed by atoms with Gasteiger partial charge < -0.3 is 19.9 Å². The van der Waals surface area contributed by atoms with E-state index < -0.39 is 0 Å². The second-order valence-electron chi connectivity index (χ2n) is 4.49. The van der Waals surface area contributed by atoms with Crippen LogP contribution in [0.3, 0.4) is 0 Å². The summed E-state index contributed by atoms with van der Waals surface area (Å²) in [5, 5.41) is 4.34. The minimum Gasteiger partial charge on any atom is -0.378 e. The van der Waals surface area contributed by atoms with Crippen molar-refractivity contribution in [3.8, 4) is 0 Å². The first-order chi connectivity index (χ1) is 9.74. The molecule has 0 saturated carbocycles. The molecule has 2 aromatic rings. The average molecular weight is 290 g/mol. The van der Waals surface area contributed by atoms with Crippen molar-refractivity contribution in [2.75, 3.05) is 31.6 Å². The van der Waals surface area contributed by atoms with Gasteiger partial charge in [-0.3, -0.25) is 4.79 Å². The Morgan fingerprint density at radius 3 is 3.00 bits per heavy atom. The molecule has 0 spiro atoms. The molecule has 0 amide bonds. The monoisotopic (exact) mass is 290 g/mol. The van der Waals surface area contributed by atoms with E-state index >= 15 is 0 Å². The van der Waals surface area contributed by atoms with Crippen molar-refractivity contribution in [2.24, 2.45) is 0 Å². The minimum atomic E-state index is -0.157. The molecule has 7 heteroatoms. The van der Waals surface area contributed by atoms with E-state index in [4.69, 9.17) is 17.0 Å². The lowest BCUT2D eigenvalue weighted by molar-refractivity contribution is 0.0690. The summed E-state index contributed by atoms with van der Waals surface area (Å²) >= 11 is 5.37. The van der Waals surface area contributed by atoms with Crippen molar-refractivity contribution in [2.45, 2.75) is 0 Å².